The maximum Gasteiger partial charge on any atom is 0.0594 e. The van der Waals surface area contributed by atoms with Crippen LogP contribution >= 0.6 is 0 Å². The molecule has 1 aliphatic carbocycles. The van der Waals surface area contributed by atoms with Crippen LogP contribution in [0, 0.1) is 0 Å². The number of nitrogens with zero attached hydrogens (tertiary/aromatic N) is 1. The van der Waals surface area contributed by atoms with Gasteiger partial charge in [-0.2, -0.15) is 0 Å². The highest BCUT2D eigenvalue weighted by Crippen LogP contribution is 2.20. The summed E-state index contributed by atoms with van der Waals surface area (Å²) in [5.41, 5.74) is 0. The summed E-state index contributed by atoms with van der Waals surface area (Å²) >= 11 is 0. The normalized spacial score (nSPS) is 26.7. The molecule has 112 valence electrons. The van der Waals surface area contributed by atoms with E-state index in [0.717, 1.165) is 25.7 Å². The molecule has 3 heteroatoms. The predicted molar refractivity (Wildman–Crippen MR) is 80.6 cm³/mol. The fourth-order valence-corrected chi connectivity index (χ4v) is 3.43. The molecule has 1 atom stereocenters. The molecular weight excluding hydrogens is 236 g/mol. The Bertz CT molecular complexity index is 229. The molecule has 0 amide bonds. The number of hydrogen-bond acceptors (Lipinski definition) is 3. The van der Waals surface area contributed by atoms with Gasteiger partial charge in [-0.25, -0.2) is 0 Å². The molecule has 1 saturated heterocycles. The molecular formula is C16H32N2O. The van der Waals surface area contributed by atoms with Crippen molar-refractivity contribution in [2.24, 2.45) is 0 Å². The van der Waals surface area contributed by atoms with Crippen LogP contribution in [0.25, 0.3) is 0 Å². The van der Waals surface area contributed by atoms with Gasteiger partial charge >= 0.3 is 0 Å². The summed E-state index contributed by atoms with van der Waals surface area (Å²) in [5.74, 6) is 0. The molecule has 1 heterocycles. The lowest BCUT2D eigenvalue weighted by Crippen LogP contribution is -2.38. The van der Waals surface area contributed by atoms with Gasteiger partial charge in [-0.15, -0.1) is 0 Å². The number of ether oxygens (including phenoxy) is 1. The van der Waals surface area contributed by atoms with Crippen molar-refractivity contribution in [3.8, 4) is 0 Å². The Labute approximate surface area is 119 Å². The maximum atomic E-state index is 5.92. The monoisotopic (exact) mass is 268 g/mol. The number of likely N-dealkylation sites (tertiary alicyclic amines) is 1. The zero-order valence-electron chi connectivity index (χ0n) is 12.7. The number of piperidine rings is 1. The molecule has 0 spiro atoms. The Balaban J connectivity index is 1.43. The average molecular weight is 268 g/mol. The minimum Gasteiger partial charge on any atom is -0.377 e. The van der Waals surface area contributed by atoms with Crippen LogP contribution in [0.4, 0.5) is 0 Å². The molecule has 0 aromatic heterocycles. The van der Waals surface area contributed by atoms with Gasteiger partial charge in [0.05, 0.1) is 12.7 Å². The largest absolute Gasteiger partial charge is 0.377 e. The highest BCUT2D eigenvalue weighted by Gasteiger charge is 2.18. The second kappa shape index (κ2) is 8.93. The van der Waals surface area contributed by atoms with Crippen LogP contribution in [0.5, 0.6) is 0 Å². The summed E-state index contributed by atoms with van der Waals surface area (Å²) < 4.78 is 5.92. The zero-order valence-corrected chi connectivity index (χ0v) is 12.7. The summed E-state index contributed by atoms with van der Waals surface area (Å²) in [6, 6.07) is 0.806. The number of hydrogen-bond donors (Lipinski definition) is 1. The highest BCUT2D eigenvalue weighted by molar-refractivity contribution is 4.74. The molecule has 1 N–H and O–H groups in total. The standard InChI is InChI=1S/C16H32N2O/c1-18-13-6-5-7-15(18)10-11-17-12-14-19-16-8-3-2-4-9-16/h15-17H,2-14H2,1H3. The van der Waals surface area contributed by atoms with Crippen LogP contribution in [0.15, 0.2) is 0 Å². The maximum absolute atomic E-state index is 5.92. The van der Waals surface area contributed by atoms with Crippen molar-refractivity contribution >= 4 is 0 Å². The lowest BCUT2D eigenvalue weighted by atomic mass is 9.98. The van der Waals surface area contributed by atoms with Crippen LogP contribution in [0.2, 0.25) is 0 Å². The van der Waals surface area contributed by atoms with Crippen molar-refractivity contribution < 1.29 is 4.74 Å². The average Bonchev–Trinajstić information content (AvgIpc) is 2.45. The van der Waals surface area contributed by atoms with Gasteiger partial charge in [0.2, 0.25) is 0 Å². The third-order valence-electron chi connectivity index (χ3n) is 4.76. The molecule has 19 heavy (non-hydrogen) atoms. The highest BCUT2D eigenvalue weighted by atomic mass is 16.5. The summed E-state index contributed by atoms with van der Waals surface area (Å²) in [4.78, 5) is 2.53. The second-order valence-electron chi connectivity index (χ2n) is 6.30. The van der Waals surface area contributed by atoms with Gasteiger partial charge in [-0.3, -0.25) is 0 Å². The van der Waals surface area contributed by atoms with Crippen molar-refractivity contribution in [2.75, 3.05) is 33.3 Å². The smallest absolute Gasteiger partial charge is 0.0594 e. The van der Waals surface area contributed by atoms with E-state index in [1.54, 1.807) is 0 Å². The van der Waals surface area contributed by atoms with Crippen LogP contribution in [0.1, 0.15) is 57.8 Å². The van der Waals surface area contributed by atoms with Crippen molar-refractivity contribution in [3.05, 3.63) is 0 Å². The van der Waals surface area contributed by atoms with Crippen molar-refractivity contribution in [2.45, 2.75) is 69.9 Å². The van der Waals surface area contributed by atoms with E-state index in [1.165, 1.54) is 64.3 Å². The Hall–Kier alpha value is -0.120. The van der Waals surface area contributed by atoms with Gasteiger partial charge in [0, 0.05) is 12.6 Å². The first-order chi connectivity index (χ1) is 9.36. The molecule has 3 nitrogen and oxygen atoms in total. The molecule has 1 unspecified atom stereocenters. The topological polar surface area (TPSA) is 24.5 Å². The first-order valence-electron chi connectivity index (χ1n) is 8.39. The summed E-state index contributed by atoms with van der Waals surface area (Å²) in [5, 5.41) is 3.54. The van der Waals surface area contributed by atoms with E-state index in [2.05, 4.69) is 17.3 Å². The van der Waals surface area contributed by atoms with Crippen molar-refractivity contribution in [1.29, 1.82) is 0 Å². The lowest BCUT2D eigenvalue weighted by Gasteiger charge is -2.32. The van der Waals surface area contributed by atoms with Crippen LogP contribution < -0.4 is 5.32 Å². The summed E-state index contributed by atoms with van der Waals surface area (Å²) in [6.45, 7) is 4.34. The molecule has 2 aliphatic rings. The van der Waals surface area contributed by atoms with Crippen LogP contribution in [0.3, 0.4) is 0 Å². The number of rotatable bonds is 7. The van der Waals surface area contributed by atoms with E-state index in [0.29, 0.717) is 6.10 Å². The van der Waals surface area contributed by atoms with Crippen LogP contribution in [-0.2, 0) is 4.74 Å². The molecule has 0 radical (unpaired) electrons. The Morgan fingerprint density at radius 3 is 2.58 bits per heavy atom. The van der Waals surface area contributed by atoms with Crippen molar-refractivity contribution in [3.63, 3.8) is 0 Å². The first kappa shape index (κ1) is 15.3. The van der Waals surface area contributed by atoms with Gasteiger partial charge in [0.25, 0.3) is 0 Å². The lowest BCUT2D eigenvalue weighted by molar-refractivity contribution is 0.0301. The van der Waals surface area contributed by atoms with Gasteiger partial charge < -0.3 is 15.0 Å². The fraction of sp³-hybridized carbons (Fsp3) is 1.00. The predicted octanol–water partition coefficient (Wildman–Crippen LogP) is 2.80. The molecule has 0 aromatic carbocycles. The Kier molecular flexibility index (Phi) is 7.18. The molecule has 1 aliphatic heterocycles. The molecule has 1 saturated carbocycles. The Morgan fingerprint density at radius 2 is 1.79 bits per heavy atom. The second-order valence-corrected chi connectivity index (χ2v) is 6.30. The summed E-state index contributed by atoms with van der Waals surface area (Å²) in [7, 11) is 2.27. The van der Waals surface area contributed by atoms with E-state index < -0.39 is 0 Å². The molecule has 2 fully saturated rings. The van der Waals surface area contributed by atoms with Crippen LogP contribution in [-0.4, -0.2) is 50.3 Å². The van der Waals surface area contributed by atoms with E-state index >= 15 is 0 Å². The fourth-order valence-electron chi connectivity index (χ4n) is 3.43. The first-order valence-corrected chi connectivity index (χ1v) is 8.39. The van der Waals surface area contributed by atoms with Crippen molar-refractivity contribution in [1.82, 2.24) is 10.2 Å². The number of nitrogens with one attached hydrogen (secondary N) is 1. The Morgan fingerprint density at radius 1 is 1.00 bits per heavy atom. The van der Waals surface area contributed by atoms with E-state index in [-0.39, 0.29) is 0 Å². The van der Waals surface area contributed by atoms with Gasteiger partial charge in [-0.1, -0.05) is 25.7 Å². The molecule has 0 aromatic rings. The third kappa shape index (κ3) is 5.80. The van der Waals surface area contributed by atoms with E-state index in [1.807, 2.05) is 0 Å². The molecule has 2 rings (SSSR count). The van der Waals surface area contributed by atoms with E-state index in [9.17, 15) is 0 Å². The zero-order chi connectivity index (χ0) is 13.3. The minimum absolute atomic E-state index is 0.556. The van der Waals surface area contributed by atoms with Gasteiger partial charge in [0.15, 0.2) is 0 Å². The quantitative estimate of drug-likeness (QED) is 0.719. The SMILES string of the molecule is CN1CCCCC1CCNCCOC1CCCCC1. The third-order valence-corrected chi connectivity index (χ3v) is 4.76. The summed E-state index contributed by atoms with van der Waals surface area (Å²) in [6.07, 6.45) is 12.7. The van der Waals surface area contributed by atoms with Gasteiger partial charge in [-0.05, 0) is 52.2 Å². The van der Waals surface area contributed by atoms with Gasteiger partial charge in [0.1, 0.15) is 0 Å². The van der Waals surface area contributed by atoms with E-state index in [4.69, 9.17) is 4.74 Å². The molecule has 0 bridgehead atoms. The minimum atomic E-state index is 0.556.